The fourth-order valence-electron chi connectivity index (χ4n) is 4.77. The molecule has 1 fully saturated rings. The molecule has 3 heterocycles. The van der Waals surface area contributed by atoms with Crippen LogP contribution in [-0.2, 0) is 16.1 Å². The smallest absolute Gasteiger partial charge is 0.278 e. The van der Waals surface area contributed by atoms with Crippen molar-refractivity contribution in [3.05, 3.63) is 59.5 Å². The van der Waals surface area contributed by atoms with Gasteiger partial charge in [-0.15, -0.1) is 0 Å². The Bertz CT molecular complexity index is 1040. The number of ether oxygens (including phenoxy) is 2. The summed E-state index contributed by atoms with van der Waals surface area (Å²) in [7, 11) is 3.13. The summed E-state index contributed by atoms with van der Waals surface area (Å²) in [5, 5.41) is 0. The molecule has 4 rings (SSSR count). The van der Waals surface area contributed by atoms with Crippen molar-refractivity contribution in [2.45, 2.75) is 26.8 Å². The van der Waals surface area contributed by atoms with Gasteiger partial charge in [0.15, 0.2) is 11.5 Å². The molecule has 7 heteroatoms. The first-order valence-electron chi connectivity index (χ1n) is 10.9. The second kappa shape index (κ2) is 9.02. The molecule has 0 radical (unpaired) electrons. The van der Waals surface area contributed by atoms with Crippen LogP contribution in [0.4, 0.5) is 0 Å². The second-order valence-electron chi connectivity index (χ2n) is 8.70. The Hall–Kier alpha value is -3.35. The Morgan fingerprint density at radius 3 is 2.22 bits per heavy atom. The molecule has 2 aliphatic rings. The van der Waals surface area contributed by atoms with E-state index in [2.05, 4.69) is 23.7 Å². The quantitative estimate of drug-likeness (QED) is 0.648. The number of nitrogens with zero attached hydrogens (tertiary/aromatic N) is 3. The third-order valence-electron chi connectivity index (χ3n) is 6.09. The number of carbonyl (C=O) groups is 2. The molecule has 2 unspecified atom stereocenters. The molecule has 2 aliphatic heterocycles. The van der Waals surface area contributed by atoms with Gasteiger partial charge in [0.1, 0.15) is 5.70 Å². The topological polar surface area (TPSA) is 72.0 Å². The van der Waals surface area contributed by atoms with E-state index in [-0.39, 0.29) is 18.4 Å². The highest BCUT2D eigenvalue weighted by atomic mass is 16.5. The van der Waals surface area contributed by atoms with Crippen molar-refractivity contribution in [3.63, 3.8) is 0 Å². The summed E-state index contributed by atoms with van der Waals surface area (Å²) in [5.41, 5.74) is 2.41. The van der Waals surface area contributed by atoms with Gasteiger partial charge in [-0.3, -0.25) is 19.5 Å². The molecule has 0 aliphatic carbocycles. The number of benzene rings is 1. The number of amides is 2. The fourth-order valence-corrected chi connectivity index (χ4v) is 4.77. The molecule has 2 aromatic rings. The number of likely N-dealkylation sites (tertiary alicyclic amines) is 1. The first kappa shape index (κ1) is 21.9. The van der Waals surface area contributed by atoms with Crippen molar-refractivity contribution in [2.24, 2.45) is 11.8 Å². The van der Waals surface area contributed by atoms with Crippen LogP contribution in [0.1, 0.15) is 31.4 Å². The molecule has 32 heavy (non-hydrogen) atoms. The number of piperidine rings is 1. The molecule has 2 atom stereocenters. The van der Waals surface area contributed by atoms with Crippen molar-refractivity contribution in [1.29, 1.82) is 0 Å². The fraction of sp³-hybridized carbons (Fsp3) is 0.400. The SMILES string of the molecule is COc1ccc(C2=C(N3CC(C)CC(C)C3)C(=O)N(Cc3ccncc3)C2=O)cc1OC. The minimum Gasteiger partial charge on any atom is -0.493 e. The van der Waals surface area contributed by atoms with Gasteiger partial charge >= 0.3 is 0 Å². The van der Waals surface area contributed by atoms with Gasteiger partial charge < -0.3 is 14.4 Å². The van der Waals surface area contributed by atoms with Crippen LogP contribution in [-0.4, -0.2) is 53.9 Å². The third-order valence-corrected chi connectivity index (χ3v) is 6.09. The van der Waals surface area contributed by atoms with E-state index >= 15 is 0 Å². The molecule has 1 aromatic heterocycles. The molecule has 2 amide bonds. The Morgan fingerprint density at radius 1 is 0.938 bits per heavy atom. The number of hydrogen-bond acceptors (Lipinski definition) is 6. The van der Waals surface area contributed by atoms with Gasteiger partial charge in [0, 0.05) is 25.5 Å². The molecule has 0 saturated carbocycles. The highest BCUT2D eigenvalue weighted by molar-refractivity contribution is 6.35. The monoisotopic (exact) mass is 435 g/mol. The summed E-state index contributed by atoms with van der Waals surface area (Å²) in [5.74, 6) is 1.43. The predicted molar refractivity (Wildman–Crippen MR) is 121 cm³/mol. The van der Waals surface area contributed by atoms with Gasteiger partial charge in [-0.05, 0) is 53.6 Å². The van der Waals surface area contributed by atoms with Crippen molar-refractivity contribution in [1.82, 2.24) is 14.8 Å². The van der Waals surface area contributed by atoms with E-state index in [1.165, 1.54) is 4.90 Å². The molecule has 0 N–H and O–H groups in total. The highest BCUT2D eigenvalue weighted by Gasteiger charge is 2.43. The van der Waals surface area contributed by atoms with E-state index in [1.54, 1.807) is 38.7 Å². The Kier molecular flexibility index (Phi) is 6.17. The van der Waals surface area contributed by atoms with E-state index in [9.17, 15) is 9.59 Å². The lowest BCUT2D eigenvalue weighted by molar-refractivity contribution is -0.138. The van der Waals surface area contributed by atoms with Crippen molar-refractivity contribution in [2.75, 3.05) is 27.3 Å². The number of rotatable bonds is 6. The zero-order valence-corrected chi connectivity index (χ0v) is 19.0. The van der Waals surface area contributed by atoms with Crippen molar-refractivity contribution in [3.8, 4) is 11.5 Å². The van der Waals surface area contributed by atoms with Crippen LogP contribution < -0.4 is 9.47 Å². The summed E-state index contributed by atoms with van der Waals surface area (Å²) in [6.07, 6.45) is 4.44. The average molecular weight is 436 g/mol. The lowest BCUT2D eigenvalue weighted by Gasteiger charge is -2.37. The van der Waals surface area contributed by atoms with Gasteiger partial charge in [-0.25, -0.2) is 0 Å². The van der Waals surface area contributed by atoms with Crippen LogP contribution >= 0.6 is 0 Å². The number of pyridine rings is 1. The molecule has 7 nitrogen and oxygen atoms in total. The standard InChI is InChI=1S/C25H29N3O4/c1-16-11-17(2)14-27(13-16)23-22(19-5-6-20(31-3)21(12-19)32-4)24(29)28(25(23)30)15-18-7-9-26-10-8-18/h5-10,12,16-17H,11,13-15H2,1-4H3. The summed E-state index contributed by atoms with van der Waals surface area (Å²) < 4.78 is 10.8. The number of aromatic nitrogens is 1. The van der Waals surface area contributed by atoms with Crippen LogP contribution in [0.3, 0.4) is 0 Å². The number of hydrogen-bond donors (Lipinski definition) is 0. The zero-order chi connectivity index (χ0) is 22.8. The summed E-state index contributed by atoms with van der Waals surface area (Å²) >= 11 is 0. The Morgan fingerprint density at radius 2 is 1.59 bits per heavy atom. The minimum absolute atomic E-state index is 0.208. The lowest BCUT2D eigenvalue weighted by atomic mass is 9.91. The maximum Gasteiger partial charge on any atom is 0.278 e. The third kappa shape index (κ3) is 4.07. The van der Waals surface area contributed by atoms with Crippen LogP contribution in [0.2, 0.25) is 0 Å². The molecule has 1 saturated heterocycles. The Labute approximate surface area is 188 Å². The number of carbonyl (C=O) groups excluding carboxylic acids is 2. The number of methoxy groups -OCH3 is 2. The van der Waals surface area contributed by atoms with Gasteiger partial charge in [-0.2, -0.15) is 0 Å². The second-order valence-corrected chi connectivity index (χ2v) is 8.70. The minimum atomic E-state index is -0.292. The van der Waals surface area contributed by atoms with E-state index < -0.39 is 0 Å². The first-order valence-corrected chi connectivity index (χ1v) is 10.9. The number of imide groups is 1. The molecule has 168 valence electrons. The van der Waals surface area contributed by atoms with Gasteiger partial charge in [0.25, 0.3) is 11.8 Å². The van der Waals surface area contributed by atoms with Crippen LogP contribution in [0.5, 0.6) is 11.5 Å². The zero-order valence-electron chi connectivity index (χ0n) is 19.0. The molecule has 0 bridgehead atoms. The first-order chi connectivity index (χ1) is 15.4. The van der Waals surface area contributed by atoms with Crippen LogP contribution in [0.15, 0.2) is 48.4 Å². The van der Waals surface area contributed by atoms with Crippen molar-refractivity contribution >= 4 is 17.4 Å². The molecular weight excluding hydrogens is 406 g/mol. The highest BCUT2D eigenvalue weighted by Crippen LogP contribution is 2.38. The molecule has 0 spiro atoms. The van der Waals surface area contributed by atoms with Crippen molar-refractivity contribution < 1.29 is 19.1 Å². The van der Waals surface area contributed by atoms with Gasteiger partial charge in [0.2, 0.25) is 0 Å². The Balaban J connectivity index is 1.79. The maximum absolute atomic E-state index is 13.6. The predicted octanol–water partition coefficient (Wildman–Crippen LogP) is 3.36. The van der Waals surface area contributed by atoms with Gasteiger partial charge in [-0.1, -0.05) is 19.9 Å². The lowest BCUT2D eigenvalue weighted by Crippen LogP contribution is -2.41. The summed E-state index contributed by atoms with van der Waals surface area (Å²) in [4.78, 5) is 34.7. The van der Waals surface area contributed by atoms with E-state index in [0.29, 0.717) is 40.2 Å². The van der Waals surface area contributed by atoms with Crippen LogP contribution in [0.25, 0.3) is 5.57 Å². The van der Waals surface area contributed by atoms with Crippen LogP contribution in [0, 0.1) is 11.8 Å². The van der Waals surface area contributed by atoms with Gasteiger partial charge in [0.05, 0.1) is 26.3 Å². The van der Waals surface area contributed by atoms with E-state index in [1.807, 2.05) is 18.2 Å². The van der Waals surface area contributed by atoms with E-state index in [0.717, 1.165) is 25.1 Å². The maximum atomic E-state index is 13.6. The molecule has 1 aromatic carbocycles. The van der Waals surface area contributed by atoms with E-state index in [4.69, 9.17) is 9.47 Å². The normalized spacial score (nSPS) is 21.4. The molecular formula is C25H29N3O4. The summed E-state index contributed by atoms with van der Waals surface area (Å²) in [6.45, 7) is 6.08. The summed E-state index contributed by atoms with van der Waals surface area (Å²) in [6, 6.07) is 8.99. The average Bonchev–Trinajstić information content (AvgIpc) is 3.03. The largest absolute Gasteiger partial charge is 0.493 e.